The van der Waals surface area contributed by atoms with E-state index in [2.05, 4.69) is 25.5 Å². The highest BCUT2D eigenvalue weighted by atomic mass is 32.2. The molecular formula is C20H23N7O3S2. The van der Waals surface area contributed by atoms with Gasteiger partial charge in [0.15, 0.2) is 15.5 Å². The molecule has 0 saturated heterocycles. The Morgan fingerprint density at radius 1 is 1.28 bits per heavy atom. The molecule has 0 unspecified atom stereocenters. The second-order valence-electron chi connectivity index (χ2n) is 7.04. The van der Waals surface area contributed by atoms with E-state index >= 15 is 0 Å². The zero-order chi connectivity index (χ0) is 22.7. The van der Waals surface area contributed by atoms with Gasteiger partial charge in [-0.2, -0.15) is 0 Å². The number of hydrogen-bond donors (Lipinski definition) is 2. The summed E-state index contributed by atoms with van der Waals surface area (Å²) in [4.78, 5) is 31.7. The number of thioether (sulfide) groups is 1. The molecule has 0 bridgehead atoms. The molecule has 0 aliphatic heterocycles. The minimum atomic E-state index is -0.426. The number of aromatic amines is 1. The van der Waals surface area contributed by atoms with E-state index in [1.807, 2.05) is 31.2 Å². The van der Waals surface area contributed by atoms with Gasteiger partial charge >= 0.3 is 5.69 Å². The minimum Gasteiger partial charge on any atom is -0.497 e. The van der Waals surface area contributed by atoms with Gasteiger partial charge in [-0.1, -0.05) is 42.5 Å². The Kier molecular flexibility index (Phi) is 6.61. The second kappa shape index (κ2) is 9.57. The van der Waals surface area contributed by atoms with Gasteiger partial charge in [-0.05, 0) is 18.6 Å². The van der Waals surface area contributed by atoms with Crippen molar-refractivity contribution >= 4 is 45.1 Å². The molecule has 0 spiro atoms. The molecule has 2 N–H and O–H groups in total. The maximum atomic E-state index is 12.4. The number of hydrogen-bond acceptors (Lipinski definition) is 9. The topological polar surface area (TPSA) is 120 Å². The van der Waals surface area contributed by atoms with Crippen molar-refractivity contribution in [3.8, 4) is 5.75 Å². The summed E-state index contributed by atoms with van der Waals surface area (Å²) in [5, 5.41) is 12.3. The highest BCUT2D eigenvalue weighted by Gasteiger charge is 2.17. The molecule has 12 heteroatoms. The van der Waals surface area contributed by atoms with Crippen molar-refractivity contribution < 1.29 is 4.74 Å². The summed E-state index contributed by atoms with van der Waals surface area (Å²) in [7, 11) is 3.40. The van der Waals surface area contributed by atoms with Gasteiger partial charge in [0.05, 0.1) is 12.9 Å². The number of rotatable bonds is 9. The first-order chi connectivity index (χ1) is 15.5. The third kappa shape index (κ3) is 4.55. The fourth-order valence-electron chi connectivity index (χ4n) is 3.21. The Hall–Kier alpha value is -3.12. The largest absolute Gasteiger partial charge is 0.497 e. The molecule has 4 aromatic rings. The molecule has 32 heavy (non-hydrogen) atoms. The Bertz CT molecular complexity index is 1360. The lowest BCUT2D eigenvalue weighted by Gasteiger charge is -2.04. The molecule has 0 amide bonds. The van der Waals surface area contributed by atoms with Gasteiger partial charge in [-0.3, -0.25) is 14.3 Å². The molecule has 0 aliphatic carbocycles. The summed E-state index contributed by atoms with van der Waals surface area (Å²) >= 11 is 2.89. The number of benzene rings is 1. The number of methoxy groups -OCH3 is 1. The van der Waals surface area contributed by atoms with Crippen LogP contribution in [0.4, 0.5) is 10.8 Å². The number of nitrogens with zero attached hydrogens (tertiary/aromatic N) is 5. The number of H-pyrrole nitrogens is 1. The molecule has 3 heterocycles. The van der Waals surface area contributed by atoms with Gasteiger partial charge in [0.25, 0.3) is 5.56 Å². The van der Waals surface area contributed by atoms with Gasteiger partial charge < -0.3 is 14.6 Å². The molecule has 3 aromatic heterocycles. The van der Waals surface area contributed by atoms with Crippen LogP contribution in [0.2, 0.25) is 0 Å². The van der Waals surface area contributed by atoms with E-state index in [1.165, 1.54) is 27.7 Å². The number of anilines is 2. The summed E-state index contributed by atoms with van der Waals surface area (Å²) in [6.45, 7) is 2.57. The van der Waals surface area contributed by atoms with Crippen LogP contribution in [0, 0.1) is 0 Å². The van der Waals surface area contributed by atoms with Crippen molar-refractivity contribution in [1.82, 2.24) is 29.3 Å². The lowest BCUT2D eigenvalue weighted by atomic mass is 10.3. The predicted molar refractivity (Wildman–Crippen MR) is 126 cm³/mol. The van der Waals surface area contributed by atoms with Crippen LogP contribution in [-0.4, -0.2) is 36.4 Å². The predicted octanol–water partition coefficient (Wildman–Crippen LogP) is 3.12. The smallest absolute Gasteiger partial charge is 0.330 e. The molecule has 4 rings (SSSR count). The number of unbranched alkanes of at least 4 members (excludes halogenated alkanes) is 1. The Morgan fingerprint density at radius 2 is 2.12 bits per heavy atom. The maximum Gasteiger partial charge on any atom is 0.330 e. The number of aryl methyl sites for hydroxylation is 2. The Balaban J connectivity index is 1.52. The highest BCUT2D eigenvalue weighted by Crippen LogP contribution is 2.30. The summed E-state index contributed by atoms with van der Waals surface area (Å²) in [5.41, 5.74) is 0.823. The molecule has 0 saturated carbocycles. The Labute approximate surface area is 191 Å². The molecule has 0 atom stereocenters. The quantitative estimate of drug-likeness (QED) is 0.356. The van der Waals surface area contributed by atoms with Crippen LogP contribution < -0.4 is 21.3 Å². The van der Waals surface area contributed by atoms with Crippen LogP contribution in [0.5, 0.6) is 5.75 Å². The first-order valence-corrected chi connectivity index (χ1v) is 11.9. The second-order valence-corrected chi connectivity index (χ2v) is 9.24. The fraction of sp³-hybridized carbons (Fsp3) is 0.350. The van der Waals surface area contributed by atoms with Crippen molar-refractivity contribution in [2.24, 2.45) is 7.05 Å². The lowest BCUT2D eigenvalue weighted by Crippen LogP contribution is -2.31. The SMILES string of the molecule is CCCCn1c(=O)[nH]c(=O)c2c1nc(CSc1nnc(Nc3cccc(OC)c3)s1)n2C. The molecule has 0 fully saturated rings. The van der Waals surface area contributed by atoms with Crippen molar-refractivity contribution in [1.29, 1.82) is 0 Å². The molecule has 1 aromatic carbocycles. The van der Waals surface area contributed by atoms with E-state index in [0.29, 0.717) is 34.4 Å². The zero-order valence-electron chi connectivity index (χ0n) is 17.9. The average Bonchev–Trinajstić information content (AvgIpc) is 3.36. The minimum absolute atomic E-state index is 0.397. The third-order valence-electron chi connectivity index (χ3n) is 4.89. The van der Waals surface area contributed by atoms with Crippen LogP contribution >= 0.6 is 23.1 Å². The fourth-order valence-corrected chi connectivity index (χ4v) is 4.97. The van der Waals surface area contributed by atoms with E-state index in [9.17, 15) is 9.59 Å². The Morgan fingerprint density at radius 3 is 2.91 bits per heavy atom. The van der Waals surface area contributed by atoms with E-state index in [0.717, 1.165) is 28.6 Å². The zero-order valence-corrected chi connectivity index (χ0v) is 19.5. The third-order valence-corrected chi connectivity index (χ3v) is 6.86. The van der Waals surface area contributed by atoms with Crippen molar-refractivity contribution in [2.75, 3.05) is 12.4 Å². The molecule has 0 aliphatic rings. The van der Waals surface area contributed by atoms with E-state index < -0.39 is 11.2 Å². The van der Waals surface area contributed by atoms with Gasteiger partial charge in [0, 0.05) is 25.3 Å². The summed E-state index contributed by atoms with van der Waals surface area (Å²) in [5.74, 6) is 1.92. The number of fused-ring (bicyclic) bond motifs is 1. The summed E-state index contributed by atoms with van der Waals surface area (Å²) in [6.07, 6.45) is 1.77. The van der Waals surface area contributed by atoms with E-state index in [-0.39, 0.29) is 0 Å². The maximum absolute atomic E-state index is 12.4. The first-order valence-electron chi connectivity index (χ1n) is 10.1. The number of nitrogens with one attached hydrogen (secondary N) is 2. The van der Waals surface area contributed by atoms with Gasteiger partial charge in [0.2, 0.25) is 5.13 Å². The molecule has 0 radical (unpaired) electrons. The van der Waals surface area contributed by atoms with E-state index in [4.69, 9.17) is 4.74 Å². The first kappa shape index (κ1) is 22.1. The molecule has 10 nitrogen and oxygen atoms in total. The van der Waals surface area contributed by atoms with Crippen molar-refractivity contribution in [3.63, 3.8) is 0 Å². The van der Waals surface area contributed by atoms with Crippen LogP contribution in [-0.2, 0) is 19.3 Å². The number of ether oxygens (including phenoxy) is 1. The normalized spacial score (nSPS) is 11.2. The lowest BCUT2D eigenvalue weighted by molar-refractivity contribution is 0.415. The molecule has 168 valence electrons. The average molecular weight is 474 g/mol. The van der Waals surface area contributed by atoms with Crippen LogP contribution in [0.1, 0.15) is 25.6 Å². The number of imidazole rings is 1. The number of aromatic nitrogens is 6. The van der Waals surface area contributed by atoms with Gasteiger partial charge in [-0.15, -0.1) is 10.2 Å². The highest BCUT2D eigenvalue weighted by molar-refractivity contribution is 8.00. The standard InChI is InChI=1S/C20H23N7O3S2/c1-4-5-9-27-16-15(17(28)23-19(27)29)26(2)14(22-16)11-31-20-25-24-18(32-20)21-12-7-6-8-13(10-12)30-3/h6-8,10H,4-5,9,11H2,1-3H3,(H,21,24)(H,23,28,29). The summed E-state index contributed by atoms with van der Waals surface area (Å²) < 4.78 is 9.27. The van der Waals surface area contributed by atoms with Gasteiger partial charge in [0.1, 0.15) is 11.6 Å². The van der Waals surface area contributed by atoms with Crippen LogP contribution in [0.15, 0.2) is 38.2 Å². The van der Waals surface area contributed by atoms with Crippen LogP contribution in [0.3, 0.4) is 0 Å². The monoisotopic (exact) mass is 473 g/mol. The van der Waals surface area contributed by atoms with E-state index in [1.54, 1.807) is 18.7 Å². The van der Waals surface area contributed by atoms with Gasteiger partial charge in [-0.25, -0.2) is 9.78 Å². The molecular weight excluding hydrogens is 450 g/mol. The summed E-state index contributed by atoms with van der Waals surface area (Å²) in [6, 6.07) is 7.57. The van der Waals surface area contributed by atoms with Crippen LogP contribution in [0.25, 0.3) is 11.2 Å². The van der Waals surface area contributed by atoms with Crippen molar-refractivity contribution in [2.45, 2.75) is 36.4 Å². The van der Waals surface area contributed by atoms with Crippen molar-refractivity contribution in [3.05, 3.63) is 50.9 Å².